The number of alkyl carbamates (subject to hydrolysis) is 1. The van der Waals surface area contributed by atoms with Gasteiger partial charge < -0.3 is 34.3 Å². The standard InChI is InChI=1S/C39H52Cl3N5O10/c1-8-23(2)31(32(48)43-25(4)33(49)47-17-9-10-29(46-47)34(50)55-21-39(40,41)42)56-35(51)38(19-53-22-54-20-38)16-15-26-11-12-27-13-14-28(45-30(27)18-26)24(3)44-36(52)57-37(5,6)7/h11-16,18,23-25,29,31,46H,8-10,17,19-22H2,1-7H3,(H,43,48)(H,44,52)/b16-15+/t23-,24+,25-,29-,31-/m0/s1. The lowest BCUT2D eigenvalue weighted by molar-refractivity contribution is -0.192. The molecule has 2 aromatic rings. The molecule has 3 heterocycles. The van der Waals surface area contributed by atoms with E-state index in [0.717, 1.165) is 5.39 Å². The highest BCUT2D eigenvalue weighted by Crippen LogP contribution is 2.30. The van der Waals surface area contributed by atoms with E-state index in [1.807, 2.05) is 44.2 Å². The van der Waals surface area contributed by atoms with E-state index >= 15 is 0 Å². The first kappa shape index (κ1) is 46.0. The van der Waals surface area contributed by atoms with E-state index in [-0.39, 0.29) is 26.6 Å². The summed E-state index contributed by atoms with van der Waals surface area (Å²) >= 11 is 17.1. The van der Waals surface area contributed by atoms with Gasteiger partial charge >= 0.3 is 18.0 Å². The Morgan fingerprint density at radius 1 is 1.05 bits per heavy atom. The minimum atomic E-state index is -1.79. The predicted octanol–water partition coefficient (Wildman–Crippen LogP) is 5.70. The highest BCUT2D eigenvalue weighted by Gasteiger charge is 2.44. The quantitative estimate of drug-likeness (QED) is 0.127. The maximum absolute atomic E-state index is 14.0. The highest BCUT2D eigenvalue weighted by molar-refractivity contribution is 6.67. The third-order valence-electron chi connectivity index (χ3n) is 9.30. The molecule has 2 aliphatic rings. The van der Waals surface area contributed by atoms with E-state index in [4.69, 9.17) is 63.5 Å². The van der Waals surface area contributed by atoms with Gasteiger partial charge in [-0.25, -0.2) is 10.2 Å². The second-order valence-corrected chi connectivity index (χ2v) is 17.9. The van der Waals surface area contributed by atoms with E-state index in [1.165, 1.54) is 11.9 Å². The summed E-state index contributed by atoms with van der Waals surface area (Å²) < 4.78 is 25.8. The first-order valence-corrected chi connectivity index (χ1v) is 19.9. The number of hydrazine groups is 1. The number of amides is 3. The van der Waals surface area contributed by atoms with Gasteiger partial charge in [-0.05, 0) is 71.6 Å². The van der Waals surface area contributed by atoms with Gasteiger partial charge in [-0.15, -0.1) is 0 Å². The largest absolute Gasteiger partial charge is 0.460 e. The number of halogens is 3. The van der Waals surface area contributed by atoms with Gasteiger partial charge in [0, 0.05) is 17.8 Å². The molecule has 0 saturated carbocycles. The normalized spacial score (nSPS) is 19.5. The number of hydrogen-bond acceptors (Lipinski definition) is 12. The Balaban J connectivity index is 1.46. The molecule has 1 aromatic heterocycles. The van der Waals surface area contributed by atoms with Crippen LogP contribution in [0.3, 0.4) is 0 Å². The Labute approximate surface area is 347 Å². The molecule has 5 atom stereocenters. The minimum Gasteiger partial charge on any atom is -0.460 e. The van der Waals surface area contributed by atoms with Crippen LogP contribution in [0.2, 0.25) is 0 Å². The molecule has 0 radical (unpaired) electrons. The molecule has 18 heteroatoms. The van der Waals surface area contributed by atoms with Crippen LogP contribution < -0.4 is 16.1 Å². The zero-order valence-corrected chi connectivity index (χ0v) is 35.5. The fraction of sp³-hybridized carbons (Fsp3) is 0.590. The van der Waals surface area contributed by atoms with Crippen molar-refractivity contribution in [1.29, 1.82) is 0 Å². The van der Waals surface area contributed by atoms with Crippen molar-refractivity contribution < 1.29 is 47.7 Å². The monoisotopic (exact) mass is 855 g/mol. The van der Waals surface area contributed by atoms with Crippen LogP contribution in [-0.2, 0) is 42.9 Å². The van der Waals surface area contributed by atoms with Gasteiger partial charge in [0.25, 0.3) is 11.8 Å². The van der Waals surface area contributed by atoms with Crippen LogP contribution in [0.5, 0.6) is 0 Å². The van der Waals surface area contributed by atoms with Gasteiger partial charge in [0.1, 0.15) is 36.5 Å². The van der Waals surface area contributed by atoms with Crippen molar-refractivity contribution >= 4 is 81.6 Å². The molecule has 0 unspecified atom stereocenters. The number of aromatic nitrogens is 1. The van der Waals surface area contributed by atoms with Crippen molar-refractivity contribution in [2.45, 2.75) is 101 Å². The van der Waals surface area contributed by atoms with Gasteiger partial charge in [-0.1, -0.05) is 79.0 Å². The van der Waals surface area contributed by atoms with Crippen molar-refractivity contribution in [2.24, 2.45) is 11.3 Å². The lowest BCUT2D eigenvalue weighted by atomic mass is 9.88. The van der Waals surface area contributed by atoms with E-state index in [2.05, 4.69) is 16.1 Å². The molecular formula is C39H52Cl3N5O10. The number of pyridine rings is 1. The molecule has 2 aliphatic heterocycles. The summed E-state index contributed by atoms with van der Waals surface area (Å²) in [4.78, 5) is 70.8. The number of fused-ring (bicyclic) bond motifs is 1. The SMILES string of the molecule is CC[C@H](C)[C@H](OC(=O)C1(/C=C/c2ccc3ccc([C@@H](C)NC(=O)OC(C)(C)C)nc3c2)COCOC1)C(=O)N[C@@H](C)C(=O)N1CCC[C@@H](C(=O)OCC(Cl)(Cl)Cl)N1. The number of rotatable bonds is 13. The number of nitrogens with zero attached hydrogens (tertiary/aromatic N) is 2. The molecular weight excluding hydrogens is 805 g/mol. The topological polar surface area (TPSA) is 184 Å². The van der Waals surface area contributed by atoms with Crippen molar-refractivity contribution in [1.82, 2.24) is 26.1 Å². The second-order valence-electron chi connectivity index (χ2n) is 15.3. The molecule has 0 bridgehead atoms. The molecule has 3 amide bonds. The molecule has 57 heavy (non-hydrogen) atoms. The fourth-order valence-corrected chi connectivity index (χ4v) is 6.14. The summed E-state index contributed by atoms with van der Waals surface area (Å²) in [5, 5.41) is 7.58. The Bertz CT molecular complexity index is 1790. The van der Waals surface area contributed by atoms with E-state index in [1.54, 1.807) is 39.8 Å². The van der Waals surface area contributed by atoms with Crippen LogP contribution in [0.25, 0.3) is 17.0 Å². The molecule has 314 valence electrons. The van der Waals surface area contributed by atoms with Gasteiger partial charge in [0.15, 0.2) is 6.10 Å². The summed E-state index contributed by atoms with van der Waals surface area (Å²) in [6, 6.07) is 6.99. The van der Waals surface area contributed by atoms with Crippen LogP contribution in [0.1, 0.15) is 85.0 Å². The summed E-state index contributed by atoms with van der Waals surface area (Å²) in [6.07, 6.45) is 2.90. The van der Waals surface area contributed by atoms with Crippen LogP contribution in [0, 0.1) is 11.3 Å². The maximum atomic E-state index is 14.0. The number of hydrogen-bond donors (Lipinski definition) is 3. The molecule has 1 aromatic carbocycles. The van der Waals surface area contributed by atoms with E-state index in [9.17, 15) is 24.0 Å². The van der Waals surface area contributed by atoms with Gasteiger partial charge in [0.2, 0.25) is 3.79 Å². The van der Waals surface area contributed by atoms with Gasteiger partial charge in [-0.3, -0.25) is 29.2 Å². The number of carbonyl (C=O) groups excluding carboxylic acids is 5. The Morgan fingerprint density at radius 3 is 2.39 bits per heavy atom. The zero-order valence-electron chi connectivity index (χ0n) is 33.2. The van der Waals surface area contributed by atoms with Crippen molar-refractivity contribution in [3.63, 3.8) is 0 Å². The Morgan fingerprint density at radius 2 is 1.74 bits per heavy atom. The minimum absolute atomic E-state index is 0.0218. The Hall–Kier alpha value is -3.73. The van der Waals surface area contributed by atoms with E-state index in [0.29, 0.717) is 36.0 Å². The molecule has 0 aliphatic carbocycles. The highest BCUT2D eigenvalue weighted by atomic mass is 35.6. The second kappa shape index (κ2) is 19.8. The van der Waals surface area contributed by atoms with Crippen LogP contribution in [-0.4, -0.2) is 101 Å². The number of carbonyl (C=O) groups is 5. The molecule has 2 fully saturated rings. The number of ether oxygens (including phenoxy) is 5. The first-order valence-electron chi connectivity index (χ1n) is 18.8. The van der Waals surface area contributed by atoms with Gasteiger partial charge in [0.05, 0.1) is 30.5 Å². The summed E-state index contributed by atoms with van der Waals surface area (Å²) in [5.74, 6) is -3.05. The molecule has 0 spiro atoms. The van der Waals surface area contributed by atoms with Crippen LogP contribution in [0.4, 0.5) is 4.79 Å². The van der Waals surface area contributed by atoms with Crippen molar-refractivity contribution in [2.75, 3.05) is 33.2 Å². The Kier molecular flexibility index (Phi) is 16.0. The molecule has 3 N–H and O–H groups in total. The van der Waals surface area contributed by atoms with Crippen LogP contribution in [0.15, 0.2) is 36.4 Å². The third-order valence-corrected chi connectivity index (χ3v) is 9.63. The number of nitrogens with one attached hydrogen (secondary N) is 3. The van der Waals surface area contributed by atoms with Crippen LogP contribution >= 0.6 is 34.8 Å². The first-order chi connectivity index (χ1) is 26.7. The summed E-state index contributed by atoms with van der Waals surface area (Å²) in [5.41, 5.74) is 2.79. The lowest BCUT2D eigenvalue weighted by Crippen LogP contribution is -2.60. The number of benzene rings is 1. The number of alkyl halides is 3. The smallest absolute Gasteiger partial charge is 0.408 e. The predicted molar refractivity (Wildman–Crippen MR) is 214 cm³/mol. The molecule has 2 saturated heterocycles. The maximum Gasteiger partial charge on any atom is 0.408 e. The zero-order chi connectivity index (χ0) is 42.1. The summed E-state index contributed by atoms with van der Waals surface area (Å²) in [7, 11) is 0. The van der Waals surface area contributed by atoms with Crippen molar-refractivity contribution in [3.05, 3.63) is 47.7 Å². The average molecular weight is 857 g/mol. The summed E-state index contributed by atoms with van der Waals surface area (Å²) in [6.45, 7) is 11.9. The third kappa shape index (κ3) is 13.4. The molecule has 4 rings (SSSR count). The fourth-order valence-electron chi connectivity index (χ4n) is 5.97. The lowest BCUT2D eigenvalue weighted by Gasteiger charge is -2.35. The number of esters is 2. The average Bonchev–Trinajstić information content (AvgIpc) is 3.16. The van der Waals surface area contributed by atoms with Crippen molar-refractivity contribution in [3.8, 4) is 0 Å². The molecule has 15 nitrogen and oxygen atoms in total. The van der Waals surface area contributed by atoms with Gasteiger partial charge in [-0.2, -0.15) is 0 Å². The van der Waals surface area contributed by atoms with E-state index < -0.39 is 81.4 Å².